The molecule has 0 aliphatic carbocycles. The van der Waals surface area contributed by atoms with Crippen molar-refractivity contribution in [3.8, 4) is 0 Å². The maximum Gasteiger partial charge on any atom is 0.275 e. The van der Waals surface area contributed by atoms with Gasteiger partial charge in [-0.25, -0.2) is 0 Å². The molecule has 0 spiro atoms. The van der Waals surface area contributed by atoms with E-state index in [1.54, 1.807) is 16.9 Å². The number of rotatable bonds is 4. The summed E-state index contributed by atoms with van der Waals surface area (Å²) in [5.74, 6) is 0.0991. The summed E-state index contributed by atoms with van der Waals surface area (Å²) in [6.45, 7) is 8.04. The number of hydrogen-bond acceptors (Lipinski definition) is 5. The summed E-state index contributed by atoms with van der Waals surface area (Å²) in [5.41, 5.74) is 0.524. The fraction of sp³-hybridized carbons (Fsp3) is 0.500. The Morgan fingerprint density at radius 3 is 2.63 bits per heavy atom. The number of carbonyl (C=O) groups excluding carboxylic acids is 1. The number of hydrogen-bond donors (Lipinski definition) is 1. The second-order valence-electron chi connectivity index (χ2n) is 4.81. The fourth-order valence-corrected chi connectivity index (χ4v) is 2.33. The van der Waals surface area contributed by atoms with Crippen molar-refractivity contribution >= 4 is 22.4 Å². The van der Waals surface area contributed by atoms with Gasteiger partial charge in [-0.15, -0.1) is 10.2 Å². The molecule has 19 heavy (non-hydrogen) atoms. The van der Waals surface area contributed by atoms with E-state index in [4.69, 9.17) is 0 Å². The Morgan fingerprint density at radius 2 is 2.05 bits per heavy atom. The number of nitrogens with zero attached hydrogens (tertiary/aromatic N) is 4. The van der Waals surface area contributed by atoms with E-state index >= 15 is 0 Å². The lowest BCUT2D eigenvalue weighted by Gasteiger charge is -2.09. The molecule has 0 saturated heterocycles. The Morgan fingerprint density at radius 1 is 1.32 bits per heavy atom. The minimum atomic E-state index is -0.211. The van der Waals surface area contributed by atoms with Gasteiger partial charge in [0.15, 0.2) is 0 Å². The normalized spacial score (nSPS) is 11.3. The van der Waals surface area contributed by atoms with Crippen molar-refractivity contribution in [2.45, 2.75) is 39.7 Å². The first-order valence-electron chi connectivity index (χ1n) is 6.17. The molecule has 0 aliphatic rings. The Hall–Kier alpha value is -1.76. The third-order valence-corrected chi connectivity index (χ3v) is 3.69. The van der Waals surface area contributed by atoms with E-state index < -0.39 is 0 Å². The van der Waals surface area contributed by atoms with Crippen LogP contribution in [0.4, 0.5) is 5.13 Å². The summed E-state index contributed by atoms with van der Waals surface area (Å²) < 4.78 is 1.68. The lowest BCUT2D eigenvalue weighted by atomic mass is 10.2. The van der Waals surface area contributed by atoms with Crippen LogP contribution in [0.2, 0.25) is 0 Å². The molecule has 2 rings (SSSR count). The second-order valence-corrected chi connectivity index (χ2v) is 5.82. The molecule has 102 valence electrons. The van der Waals surface area contributed by atoms with Crippen molar-refractivity contribution < 1.29 is 4.79 Å². The predicted molar refractivity (Wildman–Crippen MR) is 74.6 cm³/mol. The predicted octanol–water partition coefficient (Wildman–Crippen LogP) is 2.69. The van der Waals surface area contributed by atoms with Crippen molar-refractivity contribution in [3.05, 3.63) is 23.0 Å². The van der Waals surface area contributed by atoms with Gasteiger partial charge in [0.05, 0.1) is 0 Å². The highest BCUT2D eigenvalue weighted by molar-refractivity contribution is 7.15. The topological polar surface area (TPSA) is 72.7 Å². The molecule has 7 heteroatoms. The van der Waals surface area contributed by atoms with Crippen LogP contribution in [0.5, 0.6) is 0 Å². The minimum absolute atomic E-state index is 0.136. The quantitative estimate of drug-likeness (QED) is 0.934. The van der Waals surface area contributed by atoms with Crippen molar-refractivity contribution in [1.29, 1.82) is 0 Å². The molecular weight excluding hydrogens is 262 g/mol. The van der Waals surface area contributed by atoms with Crippen molar-refractivity contribution in [1.82, 2.24) is 20.0 Å². The van der Waals surface area contributed by atoms with Gasteiger partial charge in [0, 0.05) is 18.2 Å². The van der Waals surface area contributed by atoms with Crippen LogP contribution >= 0.6 is 11.3 Å². The van der Waals surface area contributed by atoms with Crippen LogP contribution < -0.4 is 5.32 Å². The summed E-state index contributed by atoms with van der Waals surface area (Å²) in [7, 11) is 0. The Labute approximate surface area is 115 Å². The van der Waals surface area contributed by atoms with Gasteiger partial charge in [0.25, 0.3) is 5.91 Å². The van der Waals surface area contributed by atoms with Gasteiger partial charge in [0.2, 0.25) is 5.13 Å². The lowest BCUT2D eigenvalue weighted by molar-refractivity contribution is 0.101. The average Bonchev–Trinajstić information content (AvgIpc) is 2.96. The highest BCUT2D eigenvalue weighted by Crippen LogP contribution is 2.22. The van der Waals surface area contributed by atoms with Crippen LogP contribution in [-0.2, 0) is 0 Å². The van der Waals surface area contributed by atoms with E-state index in [0.717, 1.165) is 5.01 Å². The second kappa shape index (κ2) is 5.48. The van der Waals surface area contributed by atoms with Crippen LogP contribution in [0, 0.1) is 0 Å². The minimum Gasteiger partial charge on any atom is -0.295 e. The van der Waals surface area contributed by atoms with Gasteiger partial charge in [0.1, 0.15) is 10.7 Å². The molecule has 2 aromatic rings. The molecule has 0 aliphatic heterocycles. The SMILES string of the molecule is CC(C)c1nnc(NC(=O)c2ccnn2C(C)C)s1. The van der Waals surface area contributed by atoms with E-state index in [2.05, 4.69) is 20.6 Å². The van der Waals surface area contributed by atoms with Crippen molar-refractivity contribution in [2.75, 3.05) is 5.32 Å². The van der Waals surface area contributed by atoms with Crippen LogP contribution in [-0.4, -0.2) is 25.9 Å². The van der Waals surface area contributed by atoms with Gasteiger partial charge in [-0.2, -0.15) is 5.10 Å². The Bertz CT molecular complexity index is 572. The third kappa shape index (κ3) is 2.98. The molecule has 1 amide bonds. The van der Waals surface area contributed by atoms with Crippen LogP contribution in [0.3, 0.4) is 0 Å². The van der Waals surface area contributed by atoms with E-state index in [1.807, 2.05) is 27.7 Å². The Balaban J connectivity index is 2.14. The maximum absolute atomic E-state index is 12.1. The van der Waals surface area contributed by atoms with E-state index in [9.17, 15) is 4.79 Å². The Kier molecular flexibility index (Phi) is 3.94. The zero-order chi connectivity index (χ0) is 14.0. The van der Waals surface area contributed by atoms with Crippen molar-refractivity contribution in [3.63, 3.8) is 0 Å². The molecule has 6 nitrogen and oxygen atoms in total. The van der Waals surface area contributed by atoms with Crippen LogP contribution in [0.15, 0.2) is 12.3 Å². The molecule has 2 heterocycles. The van der Waals surface area contributed by atoms with E-state index in [-0.39, 0.29) is 11.9 Å². The summed E-state index contributed by atoms with van der Waals surface area (Å²) in [6, 6.07) is 1.83. The molecule has 1 N–H and O–H groups in total. The summed E-state index contributed by atoms with van der Waals surface area (Å²) in [6.07, 6.45) is 1.62. The van der Waals surface area contributed by atoms with Gasteiger partial charge in [-0.1, -0.05) is 25.2 Å². The first-order valence-corrected chi connectivity index (χ1v) is 6.99. The molecule has 0 radical (unpaired) electrons. The third-order valence-electron chi connectivity index (χ3n) is 2.55. The summed E-state index contributed by atoms with van der Waals surface area (Å²) >= 11 is 1.40. The van der Waals surface area contributed by atoms with Gasteiger partial charge in [-0.05, 0) is 19.9 Å². The molecule has 0 atom stereocenters. The highest BCUT2D eigenvalue weighted by atomic mass is 32.1. The van der Waals surface area contributed by atoms with Crippen LogP contribution in [0.1, 0.15) is 55.2 Å². The number of carbonyl (C=O) groups is 1. The molecule has 0 unspecified atom stereocenters. The largest absolute Gasteiger partial charge is 0.295 e. The smallest absolute Gasteiger partial charge is 0.275 e. The zero-order valence-corrected chi connectivity index (χ0v) is 12.2. The molecular formula is C12H17N5OS. The van der Waals surface area contributed by atoms with Gasteiger partial charge >= 0.3 is 0 Å². The number of nitrogens with one attached hydrogen (secondary N) is 1. The molecule has 0 bridgehead atoms. The number of aromatic nitrogens is 4. The monoisotopic (exact) mass is 279 g/mol. The van der Waals surface area contributed by atoms with Crippen molar-refractivity contribution in [2.24, 2.45) is 0 Å². The number of amides is 1. The standard InChI is InChI=1S/C12H17N5OS/c1-7(2)11-15-16-12(19-11)14-10(18)9-5-6-13-17(9)8(3)4/h5-8H,1-4H3,(H,14,16,18). The van der Waals surface area contributed by atoms with E-state index in [1.165, 1.54) is 11.3 Å². The molecule has 0 saturated carbocycles. The zero-order valence-electron chi connectivity index (χ0n) is 11.4. The number of anilines is 1. The van der Waals surface area contributed by atoms with Crippen LogP contribution in [0.25, 0.3) is 0 Å². The molecule has 0 aromatic carbocycles. The highest BCUT2D eigenvalue weighted by Gasteiger charge is 2.16. The molecule has 2 aromatic heterocycles. The summed E-state index contributed by atoms with van der Waals surface area (Å²) in [5, 5.41) is 16.3. The summed E-state index contributed by atoms with van der Waals surface area (Å²) in [4.78, 5) is 12.1. The molecule has 0 fully saturated rings. The first-order chi connectivity index (χ1) is 8.99. The lowest BCUT2D eigenvalue weighted by Crippen LogP contribution is -2.18. The average molecular weight is 279 g/mol. The fourth-order valence-electron chi connectivity index (χ4n) is 1.59. The first kappa shape index (κ1) is 13.7. The van der Waals surface area contributed by atoms with E-state index in [0.29, 0.717) is 16.7 Å². The van der Waals surface area contributed by atoms with Gasteiger partial charge < -0.3 is 0 Å². The van der Waals surface area contributed by atoms with Gasteiger partial charge in [-0.3, -0.25) is 14.8 Å². The maximum atomic E-state index is 12.1.